The van der Waals surface area contributed by atoms with E-state index in [9.17, 15) is 9.59 Å². The minimum Gasteiger partial charge on any atom is -0.465 e. The normalized spacial score (nSPS) is 12.2. The summed E-state index contributed by atoms with van der Waals surface area (Å²) in [5, 5.41) is 0. The molecule has 1 unspecified atom stereocenters. The molecular weight excluding hydrogens is 388 g/mol. The van der Waals surface area contributed by atoms with E-state index >= 15 is 0 Å². The number of carbonyl (C=O) groups excluding carboxylic acids is 2. The maximum atomic E-state index is 11.7. The van der Waals surface area contributed by atoms with Crippen molar-refractivity contribution in [3.05, 3.63) is 0 Å². The third-order valence-electron chi connectivity index (χ3n) is 5.69. The van der Waals surface area contributed by atoms with Crippen LogP contribution in [0.2, 0.25) is 0 Å². The summed E-state index contributed by atoms with van der Waals surface area (Å²) in [6, 6.07) is 0. The fourth-order valence-electron chi connectivity index (χ4n) is 3.98. The van der Waals surface area contributed by atoms with E-state index in [-0.39, 0.29) is 12.5 Å². The number of hydrogen-bond donors (Lipinski definition) is 0. The van der Waals surface area contributed by atoms with E-state index in [4.69, 9.17) is 9.47 Å². The van der Waals surface area contributed by atoms with Crippen LogP contribution in [-0.2, 0) is 19.1 Å². The van der Waals surface area contributed by atoms with Crippen LogP contribution in [-0.4, -0.2) is 24.6 Å². The Hall–Kier alpha value is -1.06. The SMILES string of the molecule is CCCCCCCCCCCCCCCCCCOC(=O)CC(=O)OC(C)CC(C)C. The van der Waals surface area contributed by atoms with Crippen LogP contribution in [0.5, 0.6) is 0 Å². The summed E-state index contributed by atoms with van der Waals surface area (Å²) in [6.45, 7) is 8.70. The molecule has 0 aromatic carbocycles. The average molecular weight is 441 g/mol. The van der Waals surface area contributed by atoms with Gasteiger partial charge >= 0.3 is 11.9 Å². The Labute approximate surface area is 193 Å². The van der Waals surface area contributed by atoms with E-state index in [0.717, 1.165) is 19.3 Å². The Kier molecular flexibility index (Phi) is 21.4. The van der Waals surface area contributed by atoms with Gasteiger partial charge in [-0.15, -0.1) is 0 Å². The van der Waals surface area contributed by atoms with Crippen molar-refractivity contribution in [1.82, 2.24) is 0 Å². The van der Waals surface area contributed by atoms with Crippen LogP contribution in [0.4, 0.5) is 0 Å². The molecule has 0 aliphatic heterocycles. The maximum Gasteiger partial charge on any atom is 0.317 e. The van der Waals surface area contributed by atoms with Crippen molar-refractivity contribution in [3.8, 4) is 0 Å². The fourth-order valence-corrected chi connectivity index (χ4v) is 3.98. The Morgan fingerprint density at radius 2 is 1.03 bits per heavy atom. The molecule has 0 aromatic rings. The topological polar surface area (TPSA) is 52.6 Å². The maximum absolute atomic E-state index is 11.7. The van der Waals surface area contributed by atoms with Crippen LogP contribution in [0.1, 0.15) is 143 Å². The van der Waals surface area contributed by atoms with Crippen LogP contribution in [0.25, 0.3) is 0 Å². The van der Waals surface area contributed by atoms with Crippen molar-refractivity contribution in [2.45, 2.75) is 149 Å². The van der Waals surface area contributed by atoms with Crippen molar-refractivity contribution >= 4 is 11.9 Å². The molecule has 0 fully saturated rings. The average Bonchev–Trinajstić information content (AvgIpc) is 2.69. The molecule has 184 valence electrons. The summed E-state index contributed by atoms with van der Waals surface area (Å²) in [7, 11) is 0. The number of carbonyl (C=O) groups is 2. The van der Waals surface area contributed by atoms with Gasteiger partial charge in [-0.05, 0) is 25.7 Å². The van der Waals surface area contributed by atoms with Gasteiger partial charge in [0.05, 0.1) is 12.7 Å². The number of unbranched alkanes of at least 4 members (excludes halogenated alkanes) is 15. The van der Waals surface area contributed by atoms with E-state index in [0.29, 0.717) is 12.5 Å². The monoisotopic (exact) mass is 440 g/mol. The lowest BCUT2D eigenvalue weighted by atomic mass is 10.0. The van der Waals surface area contributed by atoms with Crippen molar-refractivity contribution in [1.29, 1.82) is 0 Å². The molecule has 4 nitrogen and oxygen atoms in total. The molecule has 0 amide bonds. The van der Waals surface area contributed by atoms with Crippen molar-refractivity contribution < 1.29 is 19.1 Å². The third kappa shape index (κ3) is 23.4. The minimum absolute atomic E-state index is 0.152. The number of hydrogen-bond acceptors (Lipinski definition) is 4. The van der Waals surface area contributed by atoms with Crippen LogP contribution in [0.3, 0.4) is 0 Å². The van der Waals surface area contributed by atoms with Gasteiger partial charge in [-0.1, -0.05) is 117 Å². The Morgan fingerprint density at radius 1 is 0.613 bits per heavy atom. The molecule has 4 heteroatoms. The van der Waals surface area contributed by atoms with Gasteiger partial charge in [-0.2, -0.15) is 0 Å². The van der Waals surface area contributed by atoms with E-state index in [1.54, 1.807) is 0 Å². The molecule has 0 N–H and O–H groups in total. The van der Waals surface area contributed by atoms with E-state index < -0.39 is 11.9 Å². The Bertz CT molecular complexity index is 419. The lowest BCUT2D eigenvalue weighted by Crippen LogP contribution is -2.20. The van der Waals surface area contributed by atoms with Gasteiger partial charge in [-0.25, -0.2) is 0 Å². The van der Waals surface area contributed by atoms with Crippen molar-refractivity contribution in [2.75, 3.05) is 6.61 Å². The second-order valence-electron chi connectivity index (χ2n) is 9.63. The van der Waals surface area contributed by atoms with E-state index in [1.807, 2.05) is 6.92 Å². The Balaban J connectivity index is 3.32. The molecule has 1 atom stereocenters. The molecular formula is C27H52O4. The van der Waals surface area contributed by atoms with E-state index in [2.05, 4.69) is 20.8 Å². The molecule has 0 spiro atoms. The van der Waals surface area contributed by atoms with Crippen molar-refractivity contribution in [3.63, 3.8) is 0 Å². The van der Waals surface area contributed by atoms with Crippen molar-refractivity contribution in [2.24, 2.45) is 5.92 Å². The highest BCUT2D eigenvalue weighted by Crippen LogP contribution is 2.14. The molecule has 0 aromatic heterocycles. The van der Waals surface area contributed by atoms with Crippen LogP contribution >= 0.6 is 0 Å². The molecule has 0 heterocycles. The standard InChI is InChI=1S/C27H52O4/c1-5-6-7-8-9-10-11-12-13-14-15-16-17-18-19-20-21-30-26(28)23-27(29)31-25(4)22-24(2)3/h24-25H,5-23H2,1-4H3. The van der Waals surface area contributed by atoms with Crippen LogP contribution in [0, 0.1) is 5.92 Å². The first-order chi connectivity index (χ1) is 15.0. The van der Waals surface area contributed by atoms with Gasteiger partial charge in [0, 0.05) is 0 Å². The highest BCUT2D eigenvalue weighted by Gasteiger charge is 2.15. The van der Waals surface area contributed by atoms with Gasteiger partial charge < -0.3 is 9.47 Å². The number of rotatable bonds is 22. The predicted molar refractivity (Wildman–Crippen MR) is 130 cm³/mol. The largest absolute Gasteiger partial charge is 0.465 e. The summed E-state index contributed by atoms with van der Waals surface area (Å²) in [4.78, 5) is 23.4. The third-order valence-corrected chi connectivity index (χ3v) is 5.69. The van der Waals surface area contributed by atoms with Gasteiger partial charge in [-0.3, -0.25) is 9.59 Å². The summed E-state index contributed by atoms with van der Waals surface area (Å²) in [6.07, 6.45) is 21.5. The highest BCUT2D eigenvalue weighted by atomic mass is 16.6. The first-order valence-electron chi connectivity index (χ1n) is 13.3. The predicted octanol–water partition coefficient (Wildman–Crippen LogP) is 8.16. The lowest BCUT2D eigenvalue weighted by molar-refractivity contribution is -0.157. The molecule has 0 saturated heterocycles. The molecule has 31 heavy (non-hydrogen) atoms. The number of esters is 2. The molecule has 0 bridgehead atoms. The van der Waals surface area contributed by atoms with Gasteiger partial charge in [0.1, 0.15) is 6.42 Å². The smallest absolute Gasteiger partial charge is 0.317 e. The van der Waals surface area contributed by atoms with Gasteiger partial charge in [0.2, 0.25) is 0 Å². The zero-order chi connectivity index (χ0) is 23.2. The van der Waals surface area contributed by atoms with Crippen LogP contribution < -0.4 is 0 Å². The number of ether oxygens (including phenoxy) is 2. The Morgan fingerprint density at radius 3 is 1.45 bits per heavy atom. The summed E-state index contributed by atoms with van der Waals surface area (Å²) >= 11 is 0. The second-order valence-corrected chi connectivity index (χ2v) is 9.63. The zero-order valence-electron chi connectivity index (χ0n) is 21.2. The zero-order valence-corrected chi connectivity index (χ0v) is 21.2. The first-order valence-corrected chi connectivity index (χ1v) is 13.3. The highest BCUT2D eigenvalue weighted by molar-refractivity contribution is 5.91. The summed E-state index contributed by atoms with van der Waals surface area (Å²) < 4.78 is 10.4. The first kappa shape index (κ1) is 29.9. The van der Waals surface area contributed by atoms with Gasteiger partial charge in [0.25, 0.3) is 0 Å². The van der Waals surface area contributed by atoms with Gasteiger partial charge in [0.15, 0.2) is 0 Å². The quantitative estimate of drug-likeness (QED) is 0.0967. The molecule has 0 saturated carbocycles. The molecule has 0 aliphatic carbocycles. The van der Waals surface area contributed by atoms with E-state index in [1.165, 1.54) is 89.9 Å². The second kappa shape index (κ2) is 22.1. The molecule has 0 rings (SSSR count). The lowest BCUT2D eigenvalue weighted by Gasteiger charge is -2.14. The summed E-state index contributed by atoms with van der Waals surface area (Å²) in [5.41, 5.74) is 0. The minimum atomic E-state index is -0.481. The van der Waals surface area contributed by atoms with Crippen LogP contribution in [0.15, 0.2) is 0 Å². The molecule has 0 radical (unpaired) electrons. The summed E-state index contributed by atoms with van der Waals surface area (Å²) in [5.74, 6) is -0.488. The molecule has 0 aliphatic rings. The fraction of sp³-hybridized carbons (Fsp3) is 0.926.